The first-order chi connectivity index (χ1) is 9.11. The van der Waals surface area contributed by atoms with Gasteiger partial charge in [-0.3, -0.25) is 15.0 Å². The van der Waals surface area contributed by atoms with E-state index in [2.05, 4.69) is 22.0 Å². The van der Waals surface area contributed by atoms with Gasteiger partial charge in [-0.15, -0.1) is 0 Å². The molecule has 0 unspecified atom stereocenters. The van der Waals surface area contributed by atoms with Crippen LogP contribution in [0.5, 0.6) is 0 Å². The highest BCUT2D eigenvalue weighted by Gasteiger charge is 2.23. The molecule has 6 nitrogen and oxygen atoms in total. The number of nitriles is 1. The molecule has 100 valence electrons. The Morgan fingerprint density at radius 1 is 1.37 bits per heavy atom. The molecule has 0 radical (unpaired) electrons. The summed E-state index contributed by atoms with van der Waals surface area (Å²) in [6.07, 6.45) is 0. The van der Waals surface area contributed by atoms with E-state index in [0.717, 1.165) is 13.1 Å². The molecule has 2 rings (SSSR count). The van der Waals surface area contributed by atoms with Crippen molar-refractivity contribution >= 4 is 27.3 Å². The summed E-state index contributed by atoms with van der Waals surface area (Å²) < 4.78 is 0.700. The second-order valence-corrected chi connectivity index (χ2v) is 5.23. The third kappa shape index (κ3) is 3.22. The van der Waals surface area contributed by atoms with Gasteiger partial charge in [0.2, 0.25) is 0 Å². The van der Waals surface area contributed by atoms with Crippen LogP contribution in [0.3, 0.4) is 0 Å². The van der Waals surface area contributed by atoms with E-state index < -0.39 is 0 Å². The van der Waals surface area contributed by atoms with Crippen LogP contribution in [-0.2, 0) is 0 Å². The Morgan fingerprint density at radius 2 is 2.05 bits per heavy atom. The average molecular weight is 325 g/mol. The number of benzene rings is 1. The van der Waals surface area contributed by atoms with E-state index in [1.807, 2.05) is 15.9 Å². The molecular formula is C12H13BrN4O2. The Labute approximate surface area is 119 Å². The molecule has 1 aliphatic rings. The first-order valence-electron chi connectivity index (χ1n) is 5.90. The fourth-order valence-corrected chi connectivity index (χ4v) is 2.51. The van der Waals surface area contributed by atoms with E-state index in [1.54, 1.807) is 6.07 Å². The van der Waals surface area contributed by atoms with Crippen LogP contribution in [0.15, 0.2) is 22.7 Å². The predicted octanol–water partition coefficient (Wildman–Crippen LogP) is 2.00. The molecule has 0 atom stereocenters. The Morgan fingerprint density at radius 3 is 2.63 bits per heavy atom. The zero-order valence-electron chi connectivity index (χ0n) is 10.3. The largest absolute Gasteiger partial charge is 0.363 e. The lowest BCUT2D eigenvalue weighted by atomic mass is 10.2. The number of hydrogen-bond donors (Lipinski definition) is 0. The quantitative estimate of drug-likeness (QED) is 0.483. The summed E-state index contributed by atoms with van der Waals surface area (Å²) in [5.41, 5.74) is 0.757. The van der Waals surface area contributed by atoms with Gasteiger partial charge in [-0.1, -0.05) is 15.9 Å². The molecule has 0 bridgehead atoms. The molecule has 1 aromatic rings. The highest BCUT2D eigenvalue weighted by Crippen LogP contribution is 2.31. The normalized spacial score (nSPS) is 16.1. The molecule has 0 saturated carbocycles. The van der Waals surface area contributed by atoms with Gasteiger partial charge in [-0.25, -0.2) is 0 Å². The number of nitro groups is 1. The molecule has 1 fully saturated rings. The fraction of sp³-hybridized carbons (Fsp3) is 0.417. The molecule has 1 aliphatic heterocycles. The van der Waals surface area contributed by atoms with Crippen LogP contribution in [-0.4, -0.2) is 42.5 Å². The molecule has 0 N–H and O–H groups in total. The maximum absolute atomic E-state index is 11.1. The molecule has 0 amide bonds. The minimum absolute atomic E-state index is 0.114. The monoisotopic (exact) mass is 324 g/mol. The van der Waals surface area contributed by atoms with E-state index in [-0.39, 0.29) is 10.6 Å². The Hall–Kier alpha value is -1.65. The van der Waals surface area contributed by atoms with Gasteiger partial charge in [-0.2, -0.15) is 5.26 Å². The molecule has 1 aromatic carbocycles. The summed E-state index contributed by atoms with van der Waals surface area (Å²) in [5, 5.41) is 19.7. The van der Waals surface area contributed by atoms with Gasteiger partial charge in [0.25, 0.3) is 5.69 Å². The van der Waals surface area contributed by atoms with Crippen molar-refractivity contribution in [2.75, 3.05) is 37.6 Å². The summed E-state index contributed by atoms with van der Waals surface area (Å²) in [4.78, 5) is 14.8. The van der Waals surface area contributed by atoms with Gasteiger partial charge >= 0.3 is 0 Å². The van der Waals surface area contributed by atoms with Crippen LogP contribution in [0.25, 0.3) is 0 Å². The fourth-order valence-electron chi connectivity index (χ4n) is 2.16. The summed E-state index contributed by atoms with van der Waals surface area (Å²) in [5.74, 6) is 0. The summed E-state index contributed by atoms with van der Waals surface area (Å²) in [7, 11) is 0. The molecule has 1 heterocycles. The van der Waals surface area contributed by atoms with E-state index in [0.29, 0.717) is 29.8 Å². The Bertz CT molecular complexity index is 521. The molecule has 0 aliphatic carbocycles. The predicted molar refractivity (Wildman–Crippen MR) is 75.1 cm³/mol. The first-order valence-corrected chi connectivity index (χ1v) is 6.69. The minimum atomic E-state index is -0.359. The maximum Gasteiger partial charge on any atom is 0.293 e. The van der Waals surface area contributed by atoms with Crippen molar-refractivity contribution in [3.63, 3.8) is 0 Å². The minimum Gasteiger partial charge on any atom is -0.363 e. The van der Waals surface area contributed by atoms with E-state index in [9.17, 15) is 10.1 Å². The third-order valence-corrected chi connectivity index (χ3v) is 3.63. The van der Waals surface area contributed by atoms with Crippen molar-refractivity contribution in [2.24, 2.45) is 0 Å². The summed E-state index contributed by atoms with van der Waals surface area (Å²) >= 11 is 3.25. The number of rotatable bonds is 3. The lowest BCUT2D eigenvalue weighted by Crippen LogP contribution is -2.46. The van der Waals surface area contributed by atoms with Gasteiger partial charge in [0.05, 0.1) is 17.5 Å². The van der Waals surface area contributed by atoms with Crippen LogP contribution in [0, 0.1) is 21.4 Å². The van der Waals surface area contributed by atoms with Crippen molar-refractivity contribution in [2.45, 2.75) is 0 Å². The zero-order valence-corrected chi connectivity index (χ0v) is 11.8. The van der Waals surface area contributed by atoms with Crippen molar-refractivity contribution < 1.29 is 4.92 Å². The van der Waals surface area contributed by atoms with Crippen LogP contribution in [0.4, 0.5) is 11.4 Å². The lowest BCUT2D eigenvalue weighted by molar-refractivity contribution is -0.384. The van der Waals surface area contributed by atoms with Crippen LogP contribution in [0.2, 0.25) is 0 Å². The van der Waals surface area contributed by atoms with Crippen molar-refractivity contribution in [1.29, 1.82) is 5.26 Å². The highest BCUT2D eigenvalue weighted by molar-refractivity contribution is 9.10. The van der Waals surface area contributed by atoms with E-state index in [4.69, 9.17) is 5.26 Å². The second kappa shape index (κ2) is 5.99. The molecule has 1 saturated heterocycles. The maximum atomic E-state index is 11.1. The number of nitro benzene ring substituents is 1. The number of halogens is 1. The lowest BCUT2D eigenvalue weighted by Gasteiger charge is -2.34. The van der Waals surface area contributed by atoms with Crippen LogP contribution >= 0.6 is 15.9 Å². The third-order valence-electron chi connectivity index (χ3n) is 3.14. The topological polar surface area (TPSA) is 73.4 Å². The SMILES string of the molecule is N#CCN1CCN(c2ccc(Br)cc2[N+](=O)[O-])CC1. The second-order valence-electron chi connectivity index (χ2n) is 4.31. The van der Waals surface area contributed by atoms with Gasteiger partial charge in [0, 0.05) is 36.7 Å². The number of anilines is 1. The van der Waals surface area contributed by atoms with Gasteiger partial charge in [-0.05, 0) is 12.1 Å². The van der Waals surface area contributed by atoms with Crippen molar-refractivity contribution in [3.8, 4) is 6.07 Å². The van der Waals surface area contributed by atoms with E-state index in [1.165, 1.54) is 6.07 Å². The molecular weight excluding hydrogens is 312 g/mol. The van der Waals surface area contributed by atoms with Crippen LogP contribution < -0.4 is 4.90 Å². The van der Waals surface area contributed by atoms with Gasteiger partial charge < -0.3 is 4.90 Å². The molecule has 0 aromatic heterocycles. The molecule has 0 spiro atoms. The summed E-state index contributed by atoms with van der Waals surface area (Å²) in [6, 6.07) is 7.22. The number of piperazine rings is 1. The highest BCUT2D eigenvalue weighted by atomic mass is 79.9. The standard InChI is InChI=1S/C12H13BrN4O2/c13-10-1-2-11(12(9-10)17(18)19)16-7-5-15(4-3-14)6-8-16/h1-2,9H,4-8H2. The molecule has 7 heteroatoms. The van der Waals surface area contributed by atoms with Crippen LogP contribution in [0.1, 0.15) is 0 Å². The zero-order chi connectivity index (χ0) is 13.8. The van der Waals surface area contributed by atoms with Crippen molar-refractivity contribution in [1.82, 2.24) is 4.90 Å². The molecule has 19 heavy (non-hydrogen) atoms. The summed E-state index contributed by atoms with van der Waals surface area (Å²) in [6.45, 7) is 3.31. The van der Waals surface area contributed by atoms with Gasteiger partial charge in [0.15, 0.2) is 0 Å². The van der Waals surface area contributed by atoms with E-state index >= 15 is 0 Å². The Kier molecular flexibility index (Phi) is 4.35. The smallest absolute Gasteiger partial charge is 0.293 e. The number of hydrogen-bond acceptors (Lipinski definition) is 5. The average Bonchev–Trinajstić information content (AvgIpc) is 2.40. The van der Waals surface area contributed by atoms with Gasteiger partial charge in [0.1, 0.15) is 5.69 Å². The Balaban J connectivity index is 2.16. The van der Waals surface area contributed by atoms with Crippen molar-refractivity contribution in [3.05, 3.63) is 32.8 Å². The number of nitrogens with zero attached hydrogens (tertiary/aromatic N) is 4. The first kappa shape index (κ1) is 13.8.